The highest BCUT2D eigenvalue weighted by Crippen LogP contribution is 2.25. The van der Waals surface area contributed by atoms with Gasteiger partial charge in [-0.05, 0) is 44.0 Å². The molecule has 0 aliphatic heterocycles. The van der Waals surface area contributed by atoms with E-state index in [0.29, 0.717) is 11.7 Å². The van der Waals surface area contributed by atoms with E-state index >= 15 is 0 Å². The summed E-state index contributed by atoms with van der Waals surface area (Å²) in [5, 5.41) is 3.54. The number of aryl methyl sites for hydroxylation is 1. The van der Waals surface area contributed by atoms with Crippen molar-refractivity contribution in [1.82, 2.24) is 10.3 Å². The lowest BCUT2D eigenvalue weighted by molar-refractivity contribution is 0.491. The molecule has 2 aromatic rings. The van der Waals surface area contributed by atoms with Crippen LogP contribution in [0.1, 0.15) is 25.2 Å². The van der Waals surface area contributed by atoms with Gasteiger partial charge in [0.1, 0.15) is 5.82 Å². The largest absolute Gasteiger partial charge is 0.441 e. The third-order valence-electron chi connectivity index (χ3n) is 3.34. The first kappa shape index (κ1) is 13.6. The highest BCUT2D eigenvalue weighted by molar-refractivity contribution is 6.31. The first-order valence-electron chi connectivity index (χ1n) is 6.86. The predicted molar refractivity (Wildman–Crippen MR) is 76.3 cm³/mol. The highest BCUT2D eigenvalue weighted by atomic mass is 35.5. The Morgan fingerprint density at radius 1 is 1.40 bits per heavy atom. The summed E-state index contributed by atoms with van der Waals surface area (Å²) in [5.74, 6) is 0.899. The number of hydrogen-bond donors (Lipinski definition) is 1. The van der Waals surface area contributed by atoms with Crippen LogP contribution in [0.2, 0.25) is 5.02 Å². The lowest BCUT2D eigenvalue weighted by Crippen LogP contribution is -2.17. The Kier molecular flexibility index (Phi) is 4.03. The molecule has 1 N–H and O–H groups in total. The van der Waals surface area contributed by atoms with Crippen LogP contribution >= 0.6 is 11.6 Å². The molecule has 1 heterocycles. The van der Waals surface area contributed by atoms with Crippen LogP contribution in [0.15, 0.2) is 28.8 Å². The maximum atomic E-state index is 13.1. The fraction of sp³-hybridized carbons (Fsp3) is 0.400. The van der Waals surface area contributed by atoms with Crippen molar-refractivity contribution in [3.63, 3.8) is 0 Å². The van der Waals surface area contributed by atoms with Crippen LogP contribution in [0.25, 0.3) is 11.3 Å². The third-order valence-corrected chi connectivity index (χ3v) is 3.63. The van der Waals surface area contributed by atoms with Gasteiger partial charge in [-0.15, -0.1) is 0 Å². The van der Waals surface area contributed by atoms with E-state index in [2.05, 4.69) is 10.3 Å². The summed E-state index contributed by atoms with van der Waals surface area (Å²) in [6, 6.07) is 5.26. The minimum atomic E-state index is -0.429. The molecule has 5 heteroatoms. The van der Waals surface area contributed by atoms with Gasteiger partial charge in [0.2, 0.25) is 0 Å². The molecule has 1 saturated carbocycles. The van der Waals surface area contributed by atoms with Gasteiger partial charge >= 0.3 is 0 Å². The average Bonchev–Trinajstić information content (AvgIpc) is 3.15. The molecule has 0 amide bonds. The first-order valence-corrected chi connectivity index (χ1v) is 7.23. The Morgan fingerprint density at radius 3 is 3.00 bits per heavy atom. The predicted octanol–water partition coefficient (Wildman–Crippen LogP) is 3.82. The van der Waals surface area contributed by atoms with E-state index in [-0.39, 0.29) is 5.02 Å². The summed E-state index contributed by atoms with van der Waals surface area (Å²) in [4.78, 5) is 4.25. The van der Waals surface area contributed by atoms with Crippen LogP contribution in [0.4, 0.5) is 4.39 Å². The van der Waals surface area contributed by atoms with E-state index in [1.807, 2.05) is 0 Å². The normalized spacial score (nSPS) is 14.7. The third kappa shape index (κ3) is 3.38. The Hall–Kier alpha value is -1.39. The first-order chi connectivity index (χ1) is 9.72. The molecule has 3 rings (SSSR count). The van der Waals surface area contributed by atoms with Crippen molar-refractivity contribution in [3.05, 3.63) is 41.1 Å². The molecule has 0 bridgehead atoms. The summed E-state index contributed by atoms with van der Waals surface area (Å²) < 4.78 is 18.8. The summed E-state index contributed by atoms with van der Waals surface area (Å²) >= 11 is 5.76. The van der Waals surface area contributed by atoms with Crippen molar-refractivity contribution < 1.29 is 8.81 Å². The van der Waals surface area contributed by atoms with E-state index in [4.69, 9.17) is 16.0 Å². The van der Waals surface area contributed by atoms with Crippen LogP contribution in [0.3, 0.4) is 0 Å². The van der Waals surface area contributed by atoms with Gasteiger partial charge in [-0.1, -0.05) is 11.6 Å². The van der Waals surface area contributed by atoms with Gasteiger partial charge in [-0.25, -0.2) is 9.37 Å². The summed E-state index contributed by atoms with van der Waals surface area (Å²) in [7, 11) is 0. The number of nitrogens with zero attached hydrogens (tertiary/aromatic N) is 1. The van der Waals surface area contributed by atoms with E-state index in [9.17, 15) is 4.39 Å². The van der Waals surface area contributed by atoms with Crippen molar-refractivity contribution in [3.8, 4) is 11.3 Å². The lowest BCUT2D eigenvalue weighted by atomic mass is 10.2. The van der Waals surface area contributed by atoms with Gasteiger partial charge in [-0.2, -0.15) is 0 Å². The Bertz CT molecular complexity index is 595. The number of aromatic nitrogens is 1. The molecule has 0 spiro atoms. The number of hydrogen-bond acceptors (Lipinski definition) is 3. The van der Waals surface area contributed by atoms with Crippen LogP contribution in [0.5, 0.6) is 0 Å². The number of rotatable bonds is 6. The molecule has 3 nitrogen and oxygen atoms in total. The molecule has 20 heavy (non-hydrogen) atoms. The average molecular weight is 295 g/mol. The Labute approximate surface area is 122 Å². The second-order valence-electron chi connectivity index (χ2n) is 5.08. The zero-order chi connectivity index (χ0) is 13.9. The smallest absolute Gasteiger partial charge is 0.194 e. The zero-order valence-corrected chi connectivity index (χ0v) is 11.8. The number of oxazole rings is 1. The fourth-order valence-electron chi connectivity index (χ4n) is 2.04. The highest BCUT2D eigenvalue weighted by Gasteiger charge is 2.19. The van der Waals surface area contributed by atoms with E-state index in [1.54, 1.807) is 18.3 Å². The monoisotopic (exact) mass is 294 g/mol. The van der Waals surface area contributed by atoms with Gasteiger partial charge in [0, 0.05) is 18.0 Å². The summed E-state index contributed by atoms with van der Waals surface area (Å²) in [5.41, 5.74) is 0.742. The van der Waals surface area contributed by atoms with Gasteiger partial charge in [0.15, 0.2) is 11.7 Å². The Morgan fingerprint density at radius 2 is 2.25 bits per heavy atom. The molecule has 0 unspecified atom stereocenters. The molecule has 1 aromatic carbocycles. The molecule has 0 radical (unpaired) electrons. The van der Waals surface area contributed by atoms with Crippen LogP contribution in [-0.4, -0.2) is 17.6 Å². The standard InChI is InChI=1S/C15H16ClFN2O/c16-12-8-10(3-6-13(12)17)14-9-19-15(20-14)2-1-7-18-11-4-5-11/h3,6,8-9,11,18H,1-2,4-5,7H2. The van der Waals surface area contributed by atoms with Crippen molar-refractivity contribution in [2.24, 2.45) is 0 Å². The van der Waals surface area contributed by atoms with Crippen LogP contribution in [-0.2, 0) is 6.42 Å². The maximum Gasteiger partial charge on any atom is 0.194 e. The van der Waals surface area contributed by atoms with Crippen LogP contribution < -0.4 is 5.32 Å². The van der Waals surface area contributed by atoms with Crippen molar-refractivity contribution >= 4 is 11.6 Å². The minimum Gasteiger partial charge on any atom is -0.441 e. The molecule has 0 saturated heterocycles. The van der Waals surface area contributed by atoms with E-state index in [0.717, 1.165) is 31.0 Å². The number of halogens is 2. The maximum absolute atomic E-state index is 13.1. The molecule has 1 aromatic heterocycles. The summed E-state index contributed by atoms with van der Waals surface area (Å²) in [6.07, 6.45) is 6.06. The topological polar surface area (TPSA) is 38.1 Å². The van der Waals surface area contributed by atoms with Gasteiger partial charge in [-0.3, -0.25) is 0 Å². The van der Waals surface area contributed by atoms with E-state index < -0.39 is 5.82 Å². The van der Waals surface area contributed by atoms with Crippen molar-refractivity contribution in [2.75, 3.05) is 6.54 Å². The molecule has 1 aliphatic carbocycles. The minimum absolute atomic E-state index is 0.0917. The van der Waals surface area contributed by atoms with Crippen molar-refractivity contribution in [1.29, 1.82) is 0 Å². The van der Waals surface area contributed by atoms with Gasteiger partial charge in [0.05, 0.1) is 11.2 Å². The van der Waals surface area contributed by atoms with Gasteiger partial charge in [0.25, 0.3) is 0 Å². The number of benzene rings is 1. The van der Waals surface area contributed by atoms with E-state index in [1.165, 1.54) is 18.9 Å². The van der Waals surface area contributed by atoms with Crippen molar-refractivity contribution in [2.45, 2.75) is 31.7 Å². The van der Waals surface area contributed by atoms with Crippen LogP contribution in [0, 0.1) is 5.82 Å². The molecule has 106 valence electrons. The Balaban J connectivity index is 1.58. The second-order valence-corrected chi connectivity index (χ2v) is 5.49. The molecular weight excluding hydrogens is 279 g/mol. The molecule has 1 aliphatic rings. The second kappa shape index (κ2) is 5.94. The number of nitrogens with one attached hydrogen (secondary N) is 1. The molecule has 0 atom stereocenters. The zero-order valence-electron chi connectivity index (χ0n) is 11.0. The SMILES string of the molecule is Fc1ccc(-c2cnc(CCCNC3CC3)o2)cc1Cl. The molecular formula is C15H16ClFN2O. The lowest BCUT2D eigenvalue weighted by Gasteiger charge is -2.00. The van der Waals surface area contributed by atoms with Gasteiger partial charge < -0.3 is 9.73 Å². The molecule has 1 fully saturated rings. The fourth-order valence-corrected chi connectivity index (χ4v) is 2.22. The quantitative estimate of drug-likeness (QED) is 0.823. The summed E-state index contributed by atoms with van der Waals surface area (Å²) in [6.45, 7) is 0.991.